The van der Waals surface area contributed by atoms with E-state index >= 15 is 0 Å². The summed E-state index contributed by atoms with van der Waals surface area (Å²) in [5.74, 6) is 0.137. The largest absolute Gasteiger partial charge is 0.294 e. The molecule has 22 heavy (non-hydrogen) atoms. The maximum Gasteiger partial charge on any atom is 0.166 e. The van der Waals surface area contributed by atoms with Crippen molar-refractivity contribution in [3.63, 3.8) is 0 Å². The summed E-state index contributed by atoms with van der Waals surface area (Å²) < 4.78 is 0. The standard InChI is InChI=1S/C21H20O/c1-14-19(17-10-6-4-7-11-17)15(2)21(22)16(3)20(14)18-12-8-5-9-13-18/h4-13,15H,1-3H3. The SMILES string of the molecule is CC1=C(c2ccccc2)C(C)=C(c2ccccc2)C(C)C1=O. The summed E-state index contributed by atoms with van der Waals surface area (Å²) >= 11 is 0. The molecular weight excluding hydrogens is 268 g/mol. The molecule has 2 aromatic rings. The highest BCUT2D eigenvalue weighted by molar-refractivity contribution is 6.16. The van der Waals surface area contributed by atoms with E-state index in [0.717, 1.165) is 27.8 Å². The second-order valence-corrected chi connectivity index (χ2v) is 5.86. The first-order chi connectivity index (χ1) is 10.6. The fourth-order valence-corrected chi connectivity index (χ4v) is 3.44. The Morgan fingerprint density at radius 2 is 1.23 bits per heavy atom. The number of rotatable bonds is 2. The predicted octanol–water partition coefficient (Wildman–Crippen LogP) is 5.15. The van der Waals surface area contributed by atoms with Gasteiger partial charge in [-0.2, -0.15) is 0 Å². The number of carbonyl (C=O) groups excluding carboxylic acids is 1. The first-order valence-electron chi connectivity index (χ1n) is 7.68. The summed E-state index contributed by atoms with van der Waals surface area (Å²) in [5.41, 5.74) is 6.57. The molecule has 110 valence electrons. The number of Topliss-reactive ketones (excluding diaryl/α,β-unsaturated/α-hetero) is 1. The summed E-state index contributed by atoms with van der Waals surface area (Å²) in [6.07, 6.45) is 0. The Labute approximate surface area is 132 Å². The third-order valence-corrected chi connectivity index (χ3v) is 4.50. The predicted molar refractivity (Wildman–Crippen MR) is 92.2 cm³/mol. The molecule has 0 bridgehead atoms. The van der Waals surface area contributed by atoms with Crippen molar-refractivity contribution in [1.29, 1.82) is 0 Å². The fourth-order valence-electron chi connectivity index (χ4n) is 3.44. The van der Waals surface area contributed by atoms with Crippen LogP contribution in [-0.2, 0) is 4.79 Å². The van der Waals surface area contributed by atoms with Gasteiger partial charge >= 0.3 is 0 Å². The quantitative estimate of drug-likeness (QED) is 0.746. The van der Waals surface area contributed by atoms with Crippen LogP contribution in [0.1, 0.15) is 31.9 Å². The van der Waals surface area contributed by atoms with Gasteiger partial charge < -0.3 is 0 Å². The van der Waals surface area contributed by atoms with Crippen LogP contribution in [0.25, 0.3) is 11.1 Å². The molecular formula is C21H20O. The molecule has 0 fully saturated rings. The summed E-state index contributed by atoms with van der Waals surface area (Å²) in [7, 11) is 0. The van der Waals surface area contributed by atoms with Gasteiger partial charge in [0.2, 0.25) is 0 Å². The molecule has 0 aliphatic heterocycles. The zero-order valence-electron chi connectivity index (χ0n) is 13.3. The summed E-state index contributed by atoms with van der Waals surface area (Å²) in [6.45, 7) is 6.10. The number of hydrogen-bond acceptors (Lipinski definition) is 1. The molecule has 0 radical (unpaired) electrons. The van der Waals surface area contributed by atoms with Crippen LogP contribution in [0.4, 0.5) is 0 Å². The van der Waals surface area contributed by atoms with Crippen LogP contribution in [0, 0.1) is 5.92 Å². The van der Waals surface area contributed by atoms with E-state index in [0.29, 0.717) is 0 Å². The molecule has 0 saturated heterocycles. The molecule has 0 aromatic heterocycles. The van der Waals surface area contributed by atoms with Crippen LogP contribution >= 0.6 is 0 Å². The number of benzene rings is 2. The van der Waals surface area contributed by atoms with Crippen molar-refractivity contribution in [3.8, 4) is 0 Å². The lowest BCUT2D eigenvalue weighted by atomic mass is 9.75. The van der Waals surface area contributed by atoms with Crippen LogP contribution in [0.2, 0.25) is 0 Å². The molecule has 2 aromatic carbocycles. The number of ketones is 1. The number of allylic oxidation sites excluding steroid dienone is 4. The van der Waals surface area contributed by atoms with E-state index in [9.17, 15) is 4.79 Å². The topological polar surface area (TPSA) is 17.1 Å². The van der Waals surface area contributed by atoms with Gasteiger partial charge in [-0.25, -0.2) is 0 Å². The van der Waals surface area contributed by atoms with Gasteiger partial charge in [0.05, 0.1) is 0 Å². The van der Waals surface area contributed by atoms with Crippen LogP contribution in [0.3, 0.4) is 0 Å². The van der Waals surface area contributed by atoms with Gasteiger partial charge in [-0.3, -0.25) is 4.79 Å². The lowest BCUT2D eigenvalue weighted by Crippen LogP contribution is -2.21. The lowest BCUT2D eigenvalue weighted by molar-refractivity contribution is -0.117. The van der Waals surface area contributed by atoms with E-state index in [1.807, 2.05) is 50.2 Å². The van der Waals surface area contributed by atoms with E-state index in [1.165, 1.54) is 5.57 Å². The minimum absolute atomic E-state index is 0.0881. The first kappa shape index (κ1) is 14.5. The van der Waals surface area contributed by atoms with Crippen molar-refractivity contribution in [1.82, 2.24) is 0 Å². The van der Waals surface area contributed by atoms with Crippen LogP contribution < -0.4 is 0 Å². The molecule has 0 amide bonds. The van der Waals surface area contributed by atoms with Crippen molar-refractivity contribution in [2.45, 2.75) is 20.8 Å². The van der Waals surface area contributed by atoms with E-state index in [-0.39, 0.29) is 11.7 Å². The van der Waals surface area contributed by atoms with Crippen molar-refractivity contribution < 1.29 is 4.79 Å². The molecule has 0 saturated carbocycles. The van der Waals surface area contributed by atoms with E-state index < -0.39 is 0 Å². The molecule has 1 atom stereocenters. The number of hydrogen-bond donors (Lipinski definition) is 0. The Hall–Kier alpha value is -2.41. The average Bonchev–Trinajstić information content (AvgIpc) is 2.55. The maximum absolute atomic E-state index is 12.7. The molecule has 0 spiro atoms. The molecule has 1 heteroatoms. The van der Waals surface area contributed by atoms with Crippen LogP contribution in [-0.4, -0.2) is 5.78 Å². The second-order valence-electron chi connectivity index (χ2n) is 5.86. The van der Waals surface area contributed by atoms with Gasteiger partial charge in [0.25, 0.3) is 0 Å². The normalized spacial score (nSPS) is 18.9. The Bertz CT molecular complexity index is 764. The molecule has 3 rings (SSSR count). The van der Waals surface area contributed by atoms with Gasteiger partial charge in [-0.1, -0.05) is 67.6 Å². The van der Waals surface area contributed by atoms with Gasteiger partial charge in [-0.05, 0) is 41.7 Å². The smallest absolute Gasteiger partial charge is 0.166 e. The minimum Gasteiger partial charge on any atom is -0.294 e. The van der Waals surface area contributed by atoms with E-state index in [1.54, 1.807) is 0 Å². The third-order valence-electron chi connectivity index (χ3n) is 4.50. The lowest BCUT2D eigenvalue weighted by Gasteiger charge is -2.28. The van der Waals surface area contributed by atoms with E-state index in [4.69, 9.17) is 0 Å². The molecule has 1 unspecified atom stereocenters. The van der Waals surface area contributed by atoms with Gasteiger partial charge in [0.15, 0.2) is 5.78 Å². The van der Waals surface area contributed by atoms with Crippen molar-refractivity contribution in [2.24, 2.45) is 5.92 Å². The maximum atomic E-state index is 12.7. The third kappa shape index (κ3) is 2.33. The van der Waals surface area contributed by atoms with Gasteiger partial charge in [-0.15, -0.1) is 0 Å². The minimum atomic E-state index is -0.0881. The first-order valence-corrected chi connectivity index (χ1v) is 7.68. The second kappa shape index (κ2) is 5.76. The monoisotopic (exact) mass is 288 g/mol. The molecule has 0 N–H and O–H groups in total. The molecule has 0 heterocycles. The highest BCUT2D eigenvalue weighted by atomic mass is 16.1. The Morgan fingerprint density at radius 1 is 0.727 bits per heavy atom. The van der Waals surface area contributed by atoms with Crippen molar-refractivity contribution >= 4 is 16.9 Å². The summed E-state index contributed by atoms with van der Waals surface area (Å²) in [4.78, 5) is 12.7. The zero-order chi connectivity index (χ0) is 15.7. The highest BCUT2D eigenvalue weighted by Gasteiger charge is 2.30. The average molecular weight is 288 g/mol. The molecule has 1 nitrogen and oxygen atoms in total. The Morgan fingerprint density at radius 3 is 1.77 bits per heavy atom. The molecule has 1 aliphatic rings. The van der Waals surface area contributed by atoms with Crippen molar-refractivity contribution in [2.75, 3.05) is 0 Å². The Kier molecular flexibility index (Phi) is 3.81. The fraction of sp³-hybridized carbons (Fsp3) is 0.190. The van der Waals surface area contributed by atoms with Gasteiger partial charge in [0.1, 0.15) is 0 Å². The Balaban J connectivity index is 2.25. The van der Waals surface area contributed by atoms with Crippen LogP contribution in [0.5, 0.6) is 0 Å². The molecule has 1 aliphatic carbocycles. The van der Waals surface area contributed by atoms with Crippen LogP contribution in [0.15, 0.2) is 71.8 Å². The van der Waals surface area contributed by atoms with E-state index in [2.05, 4.69) is 31.2 Å². The number of carbonyl (C=O) groups is 1. The highest BCUT2D eigenvalue weighted by Crippen LogP contribution is 2.41. The van der Waals surface area contributed by atoms with Crippen molar-refractivity contribution in [3.05, 3.63) is 82.9 Å². The zero-order valence-corrected chi connectivity index (χ0v) is 13.3. The summed E-state index contributed by atoms with van der Waals surface area (Å²) in [6, 6.07) is 20.4. The summed E-state index contributed by atoms with van der Waals surface area (Å²) in [5, 5.41) is 0. The van der Waals surface area contributed by atoms with Gasteiger partial charge in [0, 0.05) is 11.5 Å².